The molecule has 0 aliphatic carbocycles. The van der Waals surface area contributed by atoms with Gasteiger partial charge in [-0.1, -0.05) is 48.5 Å². The van der Waals surface area contributed by atoms with Crippen molar-refractivity contribution < 1.29 is 23.8 Å². The van der Waals surface area contributed by atoms with Crippen molar-refractivity contribution >= 4 is 22.7 Å². The maximum Gasteiger partial charge on any atom is 0.246 e. The smallest absolute Gasteiger partial charge is 0.246 e. The van der Waals surface area contributed by atoms with Crippen LogP contribution in [0.3, 0.4) is 0 Å². The van der Waals surface area contributed by atoms with Gasteiger partial charge in [0, 0.05) is 29.6 Å². The highest BCUT2D eigenvalue weighted by Gasteiger charge is 2.48. The molecule has 0 spiro atoms. The number of piperazine rings is 1. The molecule has 1 saturated heterocycles. The van der Waals surface area contributed by atoms with E-state index < -0.39 is 12.1 Å². The number of aromatic amines is 1. The summed E-state index contributed by atoms with van der Waals surface area (Å²) in [7, 11) is 4.70. The number of para-hydroxylation sites is 1. The van der Waals surface area contributed by atoms with Crippen LogP contribution in [-0.4, -0.2) is 67.1 Å². The van der Waals surface area contributed by atoms with Crippen molar-refractivity contribution in [2.45, 2.75) is 24.9 Å². The summed E-state index contributed by atoms with van der Waals surface area (Å²) >= 11 is 0. The molecule has 3 aromatic carbocycles. The summed E-state index contributed by atoms with van der Waals surface area (Å²) in [6.45, 7) is 0.535. The molecule has 0 saturated carbocycles. The van der Waals surface area contributed by atoms with Crippen molar-refractivity contribution in [3.63, 3.8) is 0 Å². The summed E-state index contributed by atoms with van der Waals surface area (Å²) in [5.41, 5.74) is 4.84. The van der Waals surface area contributed by atoms with E-state index in [9.17, 15) is 9.59 Å². The van der Waals surface area contributed by atoms with Gasteiger partial charge in [-0.15, -0.1) is 0 Å². The van der Waals surface area contributed by atoms with Crippen molar-refractivity contribution in [1.82, 2.24) is 14.8 Å². The molecule has 6 rings (SSSR count). The topological polar surface area (TPSA) is 84.1 Å². The maximum absolute atomic E-state index is 14.0. The summed E-state index contributed by atoms with van der Waals surface area (Å²) in [4.78, 5) is 34.9. The van der Waals surface area contributed by atoms with E-state index in [1.165, 1.54) is 0 Å². The number of benzene rings is 3. The molecule has 200 valence electrons. The van der Waals surface area contributed by atoms with Crippen molar-refractivity contribution in [2.24, 2.45) is 0 Å². The first-order valence-corrected chi connectivity index (χ1v) is 13.1. The maximum atomic E-state index is 14.0. The summed E-state index contributed by atoms with van der Waals surface area (Å²) < 4.78 is 16.8. The van der Waals surface area contributed by atoms with Gasteiger partial charge in [0.2, 0.25) is 17.6 Å². The van der Waals surface area contributed by atoms with Gasteiger partial charge >= 0.3 is 0 Å². The second-order valence-corrected chi connectivity index (χ2v) is 9.94. The molecule has 8 nitrogen and oxygen atoms in total. The lowest BCUT2D eigenvalue weighted by Crippen LogP contribution is -2.63. The van der Waals surface area contributed by atoms with E-state index in [0.717, 1.165) is 33.3 Å². The molecule has 1 aromatic heterocycles. The second-order valence-electron chi connectivity index (χ2n) is 9.94. The zero-order valence-electron chi connectivity index (χ0n) is 22.3. The fraction of sp³-hybridized carbons (Fsp3) is 0.290. The van der Waals surface area contributed by atoms with Crippen LogP contribution in [0.1, 0.15) is 28.4 Å². The highest BCUT2D eigenvalue weighted by Crippen LogP contribution is 2.47. The van der Waals surface area contributed by atoms with E-state index in [-0.39, 0.29) is 18.4 Å². The molecule has 39 heavy (non-hydrogen) atoms. The summed E-state index contributed by atoms with van der Waals surface area (Å²) in [5.74, 6) is 1.34. The SMILES string of the molecule is COc1cc(C2c3[nH]c4ccccc4c3C[C@@H]3C(=O)N(CCc4ccccc4)CC(=O)N23)cc(OC)c1OC. The Bertz CT molecular complexity index is 1520. The standard InChI is InChI=1S/C31H31N3O5/c1-37-25-15-20(16-26(38-2)30(25)39-3)29-28-22(21-11-7-8-12-23(21)32-28)17-24-31(36)33(18-27(35)34(24)29)14-13-19-9-5-4-6-10-19/h4-12,15-16,24,29,32H,13-14,17-18H2,1-3H3/t24-,29?/m1/s1. The van der Waals surface area contributed by atoms with Crippen LogP contribution >= 0.6 is 0 Å². The fourth-order valence-electron chi connectivity index (χ4n) is 6.03. The van der Waals surface area contributed by atoms with Crippen LogP contribution in [0.15, 0.2) is 66.7 Å². The number of hydrogen-bond acceptors (Lipinski definition) is 5. The number of ether oxygens (including phenoxy) is 3. The molecule has 2 aliphatic rings. The normalized spacial score (nSPS) is 18.6. The lowest BCUT2D eigenvalue weighted by molar-refractivity contribution is -0.158. The minimum atomic E-state index is -0.613. The molecule has 1 fully saturated rings. The second kappa shape index (κ2) is 10.0. The van der Waals surface area contributed by atoms with Gasteiger partial charge in [-0.3, -0.25) is 9.59 Å². The van der Waals surface area contributed by atoms with E-state index in [1.807, 2.05) is 60.7 Å². The third-order valence-corrected chi connectivity index (χ3v) is 7.86. The lowest BCUT2D eigenvalue weighted by atomic mass is 9.86. The summed E-state index contributed by atoms with van der Waals surface area (Å²) in [6.07, 6.45) is 1.15. The van der Waals surface area contributed by atoms with Gasteiger partial charge in [-0.05, 0) is 41.3 Å². The number of carbonyl (C=O) groups excluding carboxylic acids is 2. The van der Waals surface area contributed by atoms with Crippen LogP contribution in [0, 0.1) is 0 Å². The van der Waals surface area contributed by atoms with E-state index >= 15 is 0 Å². The number of methoxy groups -OCH3 is 3. The van der Waals surface area contributed by atoms with Crippen molar-refractivity contribution in [3.05, 3.63) is 89.1 Å². The Hall–Kier alpha value is -4.46. The molecule has 3 heterocycles. The monoisotopic (exact) mass is 525 g/mol. The van der Waals surface area contributed by atoms with Gasteiger partial charge in [0.1, 0.15) is 6.04 Å². The Morgan fingerprint density at radius 3 is 2.28 bits per heavy atom. The average Bonchev–Trinajstić information content (AvgIpc) is 3.35. The number of hydrogen-bond donors (Lipinski definition) is 1. The number of nitrogens with one attached hydrogen (secondary N) is 1. The molecular formula is C31H31N3O5. The van der Waals surface area contributed by atoms with Gasteiger partial charge in [-0.25, -0.2) is 0 Å². The highest BCUT2D eigenvalue weighted by molar-refractivity contribution is 5.97. The molecule has 2 aliphatic heterocycles. The lowest BCUT2D eigenvalue weighted by Gasteiger charge is -2.47. The van der Waals surface area contributed by atoms with Crippen LogP contribution in [0.2, 0.25) is 0 Å². The molecule has 1 unspecified atom stereocenters. The van der Waals surface area contributed by atoms with Crippen molar-refractivity contribution in [3.8, 4) is 17.2 Å². The Kier molecular flexibility index (Phi) is 6.38. The molecular weight excluding hydrogens is 494 g/mol. The highest BCUT2D eigenvalue weighted by atomic mass is 16.5. The van der Waals surface area contributed by atoms with Crippen LogP contribution in [0.5, 0.6) is 17.2 Å². The van der Waals surface area contributed by atoms with Crippen LogP contribution in [-0.2, 0) is 22.4 Å². The van der Waals surface area contributed by atoms with Gasteiger partial charge < -0.3 is 29.0 Å². The van der Waals surface area contributed by atoms with Crippen LogP contribution in [0.4, 0.5) is 0 Å². The van der Waals surface area contributed by atoms with Crippen LogP contribution < -0.4 is 14.2 Å². The molecule has 2 atom stereocenters. The van der Waals surface area contributed by atoms with Gasteiger partial charge in [0.05, 0.1) is 33.9 Å². The molecule has 4 aromatic rings. The zero-order chi connectivity index (χ0) is 27.1. The average molecular weight is 526 g/mol. The molecule has 1 N–H and O–H groups in total. The first kappa shape index (κ1) is 24.9. The Morgan fingerprint density at radius 2 is 1.59 bits per heavy atom. The van der Waals surface area contributed by atoms with Gasteiger partial charge in [0.25, 0.3) is 0 Å². The third kappa shape index (κ3) is 4.16. The number of H-pyrrole nitrogens is 1. The van der Waals surface area contributed by atoms with E-state index in [1.54, 1.807) is 31.1 Å². The van der Waals surface area contributed by atoms with Crippen molar-refractivity contribution in [1.29, 1.82) is 0 Å². The first-order valence-electron chi connectivity index (χ1n) is 13.1. The first-order chi connectivity index (χ1) is 19.0. The van der Waals surface area contributed by atoms with Gasteiger partial charge in [-0.2, -0.15) is 0 Å². The minimum Gasteiger partial charge on any atom is -0.493 e. The molecule has 0 bridgehead atoms. The Morgan fingerprint density at radius 1 is 0.897 bits per heavy atom. The predicted molar refractivity (Wildman–Crippen MR) is 147 cm³/mol. The number of fused-ring (bicyclic) bond motifs is 4. The molecule has 8 heteroatoms. The number of rotatable bonds is 7. The largest absolute Gasteiger partial charge is 0.493 e. The van der Waals surface area contributed by atoms with E-state index in [2.05, 4.69) is 11.1 Å². The van der Waals surface area contributed by atoms with Crippen LogP contribution in [0.25, 0.3) is 10.9 Å². The molecule has 0 radical (unpaired) electrons. The number of aromatic nitrogens is 1. The quantitative estimate of drug-likeness (QED) is 0.393. The third-order valence-electron chi connectivity index (χ3n) is 7.86. The summed E-state index contributed by atoms with van der Waals surface area (Å²) in [6, 6.07) is 20.7. The van der Waals surface area contributed by atoms with E-state index in [0.29, 0.717) is 36.6 Å². The number of carbonyl (C=O) groups is 2. The van der Waals surface area contributed by atoms with Crippen molar-refractivity contribution in [2.75, 3.05) is 34.4 Å². The minimum absolute atomic E-state index is 0.0288. The predicted octanol–water partition coefficient (Wildman–Crippen LogP) is 4.12. The molecule has 2 amide bonds. The Balaban J connectivity index is 1.45. The fourth-order valence-corrected chi connectivity index (χ4v) is 6.03. The zero-order valence-corrected chi connectivity index (χ0v) is 22.3. The van der Waals surface area contributed by atoms with E-state index in [4.69, 9.17) is 14.2 Å². The number of amides is 2. The van der Waals surface area contributed by atoms with Gasteiger partial charge in [0.15, 0.2) is 11.5 Å². The Labute approximate surface area is 227 Å². The number of nitrogens with zero attached hydrogens (tertiary/aromatic N) is 2. The summed E-state index contributed by atoms with van der Waals surface area (Å²) in [5, 5.41) is 1.06.